The molecule has 0 spiro atoms. The number of rotatable bonds is 2. The predicted molar refractivity (Wildman–Crippen MR) is 74.2 cm³/mol. The Kier molecular flexibility index (Phi) is 3.71. The highest BCUT2D eigenvalue weighted by atomic mass is 19.3. The molecule has 6 heteroatoms. The number of hydrogen-bond donors (Lipinski definition) is 1. The van der Waals surface area contributed by atoms with Crippen LogP contribution in [0.3, 0.4) is 0 Å². The van der Waals surface area contributed by atoms with Crippen LogP contribution in [0, 0.1) is 12.8 Å². The van der Waals surface area contributed by atoms with E-state index in [0.29, 0.717) is 25.9 Å². The van der Waals surface area contributed by atoms with Gasteiger partial charge in [-0.3, -0.25) is 4.79 Å². The fraction of sp³-hybridized carbons (Fsp3) is 0.733. The van der Waals surface area contributed by atoms with Crippen molar-refractivity contribution in [3.8, 4) is 0 Å². The van der Waals surface area contributed by atoms with Gasteiger partial charge in [-0.25, -0.2) is 13.8 Å². The monoisotopic (exact) mass is 297 g/mol. The van der Waals surface area contributed by atoms with E-state index in [0.717, 1.165) is 17.9 Å². The van der Waals surface area contributed by atoms with Gasteiger partial charge in [0.15, 0.2) is 0 Å². The summed E-state index contributed by atoms with van der Waals surface area (Å²) in [5.41, 5.74) is 1.02. The zero-order chi connectivity index (χ0) is 15.0. The van der Waals surface area contributed by atoms with Gasteiger partial charge in [-0.1, -0.05) is 0 Å². The van der Waals surface area contributed by atoms with E-state index in [1.807, 2.05) is 11.8 Å². The van der Waals surface area contributed by atoms with Crippen molar-refractivity contribution in [2.45, 2.75) is 50.9 Å². The van der Waals surface area contributed by atoms with E-state index in [2.05, 4.69) is 9.97 Å². The van der Waals surface area contributed by atoms with Crippen molar-refractivity contribution < 1.29 is 13.6 Å². The third-order valence-electron chi connectivity index (χ3n) is 4.68. The molecule has 2 fully saturated rings. The number of aryl methyl sites for hydroxylation is 1. The molecule has 1 saturated heterocycles. The van der Waals surface area contributed by atoms with Crippen molar-refractivity contribution in [3.63, 3.8) is 0 Å². The molecule has 1 aromatic rings. The molecule has 1 aliphatic heterocycles. The topological polar surface area (TPSA) is 49.0 Å². The standard InChI is InChI=1S/C15H21F2N3O/c1-10-8-18-13(19-10)12-4-7-20(9-12)14(21)11-2-5-15(16,17)6-3-11/h8,11-12H,2-7,9H2,1H3,(H,18,19). The number of halogens is 2. The first-order valence-electron chi connectivity index (χ1n) is 7.63. The first-order valence-corrected chi connectivity index (χ1v) is 7.63. The van der Waals surface area contributed by atoms with Crippen molar-refractivity contribution in [2.75, 3.05) is 13.1 Å². The summed E-state index contributed by atoms with van der Waals surface area (Å²) < 4.78 is 26.3. The van der Waals surface area contributed by atoms with Crippen LogP contribution >= 0.6 is 0 Å². The van der Waals surface area contributed by atoms with Crippen molar-refractivity contribution in [1.82, 2.24) is 14.9 Å². The van der Waals surface area contributed by atoms with Crippen molar-refractivity contribution in [3.05, 3.63) is 17.7 Å². The minimum absolute atomic E-state index is 0.0521. The summed E-state index contributed by atoms with van der Waals surface area (Å²) in [5, 5.41) is 0. The van der Waals surface area contributed by atoms with Crippen LogP contribution in [-0.4, -0.2) is 39.8 Å². The molecule has 4 nitrogen and oxygen atoms in total. The number of nitrogens with one attached hydrogen (secondary N) is 1. The maximum atomic E-state index is 13.2. The van der Waals surface area contributed by atoms with Gasteiger partial charge in [-0.15, -0.1) is 0 Å². The van der Waals surface area contributed by atoms with E-state index in [1.165, 1.54) is 0 Å². The Bertz CT molecular complexity index is 519. The molecule has 1 aliphatic carbocycles. The van der Waals surface area contributed by atoms with Crippen LogP contribution in [0.5, 0.6) is 0 Å². The van der Waals surface area contributed by atoms with Gasteiger partial charge in [0, 0.05) is 49.7 Å². The Morgan fingerprint density at radius 2 is 2.10 bits per heavy atom. The van der Waals surface area contributed by atoms with Gasteiger partial charge >= 0.3 is 0 Å². The number of carbonyl (C=O) groups is 1. The fourth-order valence-electron chi connectivity index (χ4n) is 3.37. The third kappa shape index (κ3) is 3.09. The van der Waals surface area contributed by atoms with E-state index >= 15 is 0 Å². The SMILES string of the molecule is Cc1cnc(C2CCN(C(=O)C3CCC(F)(F)CC3)C2)[nH]1. The molecule has 0 aromatic carbocycles. The normalized spacial score (nSPS) is 26.2. The summed E-state index contributed by atoms with van der Waals surface area (Å²) in [6.07, 6.45) is 3.00. The molecule has 1 atom stereocenters. The molecule has 1 aromatic heterocycles. The quantitative estimate of drug-likeness (QED) is 0.912. The van der Waals surface area contributed by atoms with Crippen molar-refractivity contribution >= 4 is 5.91 Å². The average molecular weight is 297 g/mol. The second-order valence-electron chi connectivity index (χ2n) is 6.35. The van der Waals surface area contributed by atoms with Gasteiger partial charge < -0.3 is 9.88 Å². The maximum Gasteiger partial charge on any atom is 0.248 e. The zero-order valence-electron chi connectivity index (χ0n) is 12.2. The Labute approximate surface area is 122 Å². The van der Waals surface area contributed by atoms with Crippen LogP contribution in [0.15, 0.2) is 6.20 Å². The molecule has 1 unspecified atom stereocenters. The van der Waals surface area contributed by atoms with Crippen LogP contribution < -0.4 is 0 Å². The predicted octanol–water partition coefficient (Wildman–Crippen LogP) is 2.86. The highest BCUT2D eigenvalue weighted by molar-refractivity contribution is 5.79. The van der Waals surface area contributed by atoms with Crippen LogP contribution in [0.25, 0.3) is 0 Å². The molecule has 3 rings (SSSR count). The second-order valence-corrected chi connectivity index (χ2v) is 6.35. The largest absolute Gasteiger partial charge is 0.346 e. The van der Waals surface area contributed by atoms with Crippen LogP contribution in [-0.2, 0) is 4.79 Å². The van der Waals surface area contributed by atoms with Gasteiger partial charge in [0.05, 0.1) is 0 Å². The Morgan fingerprint density at radius 3 is 2.71 bits per heavy atom. The van der Waals surface area contributed by atoms with Gasteiger partial charge in [-0.05, 0) is 26.2 Å². The van der Waals surface area contributed by atoms with E-state index in [-0.39, 0.29) is 30.6 Å². The molecule has 1 N–H and O–H groups in total. The van der Waals surface area contributed by atoms with Crippen LogP contribution in [0.2, 0.25) is 0 Å². The molecular formula is C15H21F2N3O. The minimum atomic E-state index is -2.57. The highest BCUT2D eigenvalue weighted by Gasteiger charge is 2.40. The first kappa shape index (κ1) is 14.5. The molecular weight excluding hydrogens is 276 g/mol. The Balaban J connectivity index is 1.57. The summed E-state index contributed by atoms with van der Waals surface area (Å²) in [7, 11) is 0. The van der Waals surface area contributed by atoms with Crippen molar-refractivity contribution in [2.24, 2.45) is 5.92 Å². The molecule has 1 saturated carbocycles. The molecule has 2 aliphatic rings. The zero-order valence-corrected chi connectivity index (χ0v) is 12.2. The highest BCUT2D eigenvalue weighted by Crippen LogP contribution is 2.37. The molecule has 21 heavy (non-hydrogen) atoms. The fourth-order valence-corrected chi connectivity index (χ4v) is 3.37. The number of nitrogens with zero attached hydrogens (tertiary/aromatic N) is 2. The maximum absolute atomic E-state index is 13.2. The number of aromatic amines is 1. The van der Waals surface area contributed by atoms with Gasteiger partial charge in [0.1, 0.15) is 5.82 Å². The van der Waals surface area contributed by atoms with Crippen LogP contribution in [0.4, 0.5) is 8.78 Å². The Hall–Kier alpha value is -1.46. The number of carbonyl (C=O) groups excluding carboxylic acids is 1. The Morgan fingerprint density at radius 1 is 1.38 bits per heavy atom. The number of amides is 1. The molecule has 1 amide bonds. The number of imidazole rings is 1. The lowest BCUT2D eigenvalue weighted by Crippen LogP contribution is -2.38. The van der Waals surface area contributed by atoms with E-state index in [4.69, 9.17) is 0 Å². The smallest absolute Gasteiger partial charge is 0.248 e. The van der Waals surface area contributed by atoms with Crippen molar-refractivity contribution in [1.29, 1.82) is 0 Å². The summed E-state index contributed by atoms with van der Waals surface area (Å²) in [6.45, 7) is 3.31. The summed E-state index contributed by atoms with van der Waals surface area (Å²) in [6, 6.07) is 0. The lowest BCUT2D eigenvalue weighted by atomic mass is 9.86. The van der Waals surface area contributed by atoms with E-state index < -0.39 is 5.92 Å². The molecule has 2 heterocycles. The summed E-state index contributed by atoms with van der Waals surface area (Å²) in [5.74, 6) is -1.57. The first-order chi connectivity index (χ1) is 9.94. The number of alkyl halides is 2. The third-order valence-corrected chi connectivity index (χ3v) is 4.68. The number of aromatic nitrogens is 2. The lowest BCUT2D eigenvalue weighted by molar-refractivity contribution is -0.138. The molecule has 116 valence electrons. The average Bonchev–Trinajstić information content (AvgIpc) is 3.06. The second kappa shape index (κ2) is 5.39. The lowest BCUT2D eigenvalue weighted by Gasteiger charge is -2.30. The van der Waals surface area contributed by atoms with Crippen LogP contribution in [0.1, 0.15) is 49.5 Å². The summed E-state index contributed by atoms with van der Waals surface area (Å²) >= 11 is 0. The molecule has 0 bridgehead atoms. The van der Waals surface area contributed by atoms with Gasteiger partial charge in [0.25, 0.3) is 0 Å². The van der Waals surface area contributed by atoms with Gasteiger partial charge in [-0.2, -0.15) is 0 Å². The van der Waals surface area contributed by atoms with E-state index in [9.17, 15) is 13.6 Å². The minimum Gasteiger partial charge on any atom is -0.346 e. The molecule has 0 radical (unpaired) electrons. The number of likely N-dealkylation sites (tertiary alicyclic amines) is 1. The number of hydrogen-bond acceptors (Lipinski definition) is 2. The van der Waals surface area contributed by atoms with E-state index in [1.54, 1.807) is 6.20 Å². The summed E-state index contributed by atoms with van der Waals surface area (Å²) in [4.78, 5) is 21.8. The van der Waals surface area contributed by atoms with Gasteiger partial charge in [0.2, 0.25) is 11.8 Å². The number of H-pyrrole nitrogens is 1.